The number of pyridine rings is 1. The first-order valence-electron chi connectivity index (χ1n) is 8.06. The Balaban J connectivity index is 1.73. The Hall–Kier alpha value is -2.60. The Bertz CT molecular complexity index is 1090. The Morgan fingerprint density at radius 1 is 1.04 bits per heavy atom. The van der Waals surface area contributed by atoms with Crippen LogP contribution in [0.1, 0.15) is 17.2 Å². The highest BCUT2D eigenvalue weighted by Gasteiger charge is 2.24. The van der Waals surface area contributed by atoms with Crippen LogP contribution in [0.4, 0.5) is 4.39 Å². The van der Waals surface area contributed by atoms with Crippen molar-refractivity contribution in [2.75, 3.05) is 0 Å². The van der Waals surface area contributed by atoms with E-state index in [-0.39, 0.29) is 16.3 Å². The van der Waals surface area contributed by atoms with Gasteiger partial charge < -0.3 is 14.8 Å². The summed E-state index contributed by atoms with van der Waals surface area (Å²) in [6.07, 6.45) is 1.76. The smallest absolute Gasteiger partial charge is 0.139 e. The molecule has 0 radical (unpaired) electrons. The molecule has 1 unspecified atom stereocenters. The van der Waals surface area contributed by atoms with Crippen molar-refractivity contribution in [2.24, 2.45) is 0 Å². The second kappa shape index (κ2) is 7.19. The molecule has 0 aliphatic rings. The molecular weight excluding hydrogens is 390 g/mol. The van der Waals surface area contributed by atoms with E-state index < -0.39 is 11.9 Å². The minimum Gasteiger partial charge on any atom is -0.457 e. The van der Waals surface area contributed by atoms with Crippen LogP contribution in [0, 0.1) is 5.82 Å². The number of rotatable bonds is 4. The highest BCUT2D eigenvalue weighted by atomic mass is 35.5. The molecule has 2 aromatic heterocycles. The summed E-state index contributed by atoms with van der Waals surface area (Å²) in [5, 5.41) is 11.7. The Labute approximate surface area is 164 Å². The lowest BCUT2D eigenvalue weighted by atomic mass is 10.0. The van der Waals surface area contributed by atoms with E-state index in [1.54, 1.807) is 42.7 Å². The van der Waals surface area contributed by atoms with Gasteiger partial charge in [0.1, 0.15) is 29.1 Å². The molecule has 0 bridgehead atoms. The molecular formula is C20H13Cl2FN2O2. The number of para-hydroxylation sites is 1. The van der Waals surface area contributed by atoms with Gasteiger partial charge in [-0.25, -0.2) is 9.37 Å². The fourth-order valence-corrected chi connectivity index (χ4v) is 3.47. The first kappa shape index (κ1) is 17.8. The predicted molar refractivity (Wildman–Crippen MR) is 103 cm³/mol. The third-order valence-corrected chi connectivity index (χ3v) is 4.78. The summed E-state index contributed by atoms with van der Waals surface area (Å²) >= 11 is 12.5. The van der Waals surface area contributed by atoms with E-state index in [4.69, 9.17) is 27.9 Å². The van der Waals surface area contributed by atoms with E-state index in [0.717, 1.165) is 0 Å². The van der Waals surface area contributed by atoms with E-state index in [2.05, 4.69) is 9.97 Å². The topological polar surface area (TPSA) is 58.1 Å². The molecule has 4 rings (SSSR count). The number of halogens is 3. The van der Waals surface area contributed by atoms with E-state index in [1.807, 2.05) is 6.07 Å². The minimum absolute atomic E-state index is 0.0443. The number of aromatic amines is 1. The van der Waals surface area contributed by atoms with Crippen molar-refractivity contribution >= 4 is 34.2 Å². The molecule has 4 nitrogen and oxygen atoms in total. The van der Waals surface area contributed by atoms with Gasteiger partial charge in [0, 0.05) is 35.0 Å². The highest BCUT2D eigenvalue weighted by Crippen LogP contribution is 2.38. The largest absolute Gasteiger partial charge is 0.457 e. The van der Waals surface area contributed by atoms with E-state index in [1.165, 1.54) is 12.1 Å². The fourth-order valence-electron chi connectivity index (χ4n) is 2.92. The third-order valence-electron chi connectivity index (χ3n) is 4.15. The van der Waals surface area contributed by atoms with Gasteiger partial charge in [0.2, 0.25) is 0 Å². The van der Waals surface area contributed by atoms with Gasteiger partial charge in [0.25, 0.3) is 0 Å². The number of hydrogen-bond donors (Lipinski definition) is 2. The average Bonchev–Trinajstić information content (AvgIpc) is 3.07. The monoisotopic (exact) mass is 402 g/mol. The van der Waals surface area contributed by atoms with Crippen LogP contribution in [0.25, 0.3) is 11.0 Å². The first-order valence-corrected chi connectivity index (χ1v) is 8.81. The Morgan fingerprint density at radius 2 is 1.81 bits per heavy atom. The number of hydrogen-bond acceptors (Lipinski definition) is 3. The van der Waals surface area contributed by atoms with Crippen molar-refractivity contribution in [3.8, 4) is 11.5 Å². The van der Waals surface area contributed by atoms with Crippen molar-refractivity contribution in [3.05, 3.63) is 87.9 Å². The zero-order valence-corrected chi connectivity index (χ0v) is 15.3. The predicted octanol–water partition coefficient (Wildman–Crippen LogP) is 5.88. The maximum absolute atomic E-state index is 14.8. The fraction of sp³-hybridized carbons (Fsp3) is 0.0500. The van der Waals surface area contributed by atoms with Gasteiger partial charge >= 0.3 is 0 Å². The molecule has 7 heteroatoms. The molecule has 2 heterocycles. The molecule has 0 saturated carbocycles. The quantitative estimate of drug-likeness (QED) is 0.447. The number of aromatic nitrogens is 2. The summed E-state index contributed by atoms with van der Waals surface area (Å²) in [4.78, 5) is 7.06. The van der Waals surface area contributed by atoms with Crippen molar-refractivity contribution in [2.45, 2.75) is 6.10 Å². The number of aliphatic hydroxyl groups excluding tert-OH is 1. The minimum atomic E-state index is -1.32. The SMILES string of the molecule is OC(c1c(F)cc(Oc2ccccc2)cc1Cl)c1c[nH]c2nccc(Cl)c12. The van der Waals surface area contributed by atoms with Crippen LogP contribution in [0.15, 0.2) is 60.9 Å². The van der Waals surface area contributed by atoms with E-state index in [0.29, 0.717) is 27.4 Å². The summed E-state index contributed by atoms with van der Waals surface area (Å²) in [7, 11) is 0. The molecule has 27 heavy (non-hydrogen) atoms. The van der Waals surface area contributed by atoms with Crippen LogP contribution < -0.4 is 4.74 Å². The van der Waals surface area contributed by atoms with E-state index >= 15 is 0 Å². The van der Waals surface area contributed by atoms with Gasteiger partial charge in [-0.1, -0.05) is 41.4 Å². The lowest BCUT2D eigenvalue weighted by molar-refractivity contribution is 0.216. The Kier molecular flexibility index (Phi) is 4.74. The van der Waals surface area contributed by atoms with Crippen molar-refractivity contribution in [1.82, 2.24) is 9.97 Å². The van der Waals surface area contributed by atoms with Gasteiger partial charge in [0.15, 0.2) is 0 Å². The molecule has 0 aliphatic carbocycles. The summed E-state index contributed by atoms with van der Waals surface area (Å²) < 4.78 is 20.4. The molecule has 0 aliphatic heterocycles. The molecule has 136 valence electrons. The molecule has 0 saturated heterocycles. The molecule has 4 aromatic rings. The van der Waals surface area contributed by atoms with Crippen LogP contribution in [-0.2, 0) is 0 Å². The second-order valence-corrected chi connectivity index (χ2v) is 6.69. The van der Waals surface area contributed by atoms with Crippen molar-refractivity contribution in [1.29, 1.82) is 0 Å². The average molecular weight is 403 g/mol. The summed E-state index contributed by atoms with van der Waals surface area (Å²) in [5.74, 6) is 0.101. The molecule has 2 N–H and O–H groups in total. The second-order valence-electron chi connectivity index (χ2n) is 5.88. The normalized spacial score (nSPS) is 12.3. The lowest BCUT2D eigenvalue weighted by Crippen LogP contribution is -2.04. The van der Waals surface area contributed by atoms with Crippen LogP contribution in [0.3, 0.4) is 0 Å². The van der Waals surface area contributed by atoms with E-state index in [9.17, 15) is 9.50 Å². The van der Waals surface area contributed by atoms with Crippen LogP contribution >= 0.6 is 23.2 Å². The number of nitrogens with one attached hydrogen (secondary N) is 1. The van der Waals surface area contributed by atoms with Gasteiger partial charge in [-0.15, -0.1) is 0 Å². The Morgan fingerprint density at radius 3 is 2.56 bits per heavy atom. The molecule has 0 spiro atoms. The summed E-state index contributed by atoms with van der Waals surface area (Å²) in [6, 6.07) is 13.2. The molecule has 0 amide bonds. The zero-order chi connectivity index (χ0) is 19.0. The number of H-pyrrole nitrogens is 1. The molecule has 0 fully saturated rings. The molecule has 2 aromatic carbocycles. The molecule has 1 atom stereocenters. The van der Waals surface area contributed by atoms with Crippen LogP contribution in [0.2, 0.25) is 10.0 Å². The van der Waals surface area contributed by atoms with Crippen molar-refractivity contribution in [3.63, 3.8) is 0 Å². The van der Waals surface area contributed by atoms with Gasteiger partial charge in [-0.2, -0.15) is 0 Å². The first-order chi connectivity index (χ1) is 13.0. The number of aliphatic hydroxyl groups is 1. The highest BCUT2D eigenvalue weighted by molar-refractivity contribution is 6.35. The maximum Gasteiger partial charge on any atom is 0.139 e. The summed E-state index contributed by atoms with van der Waals surface area (Å²) in [5.41, 5.74) is 0.829. The lowest BCUT2D eigenvalue weighted by Gasteiger charge is -2.15. The van der Waals surface area contributed by atoms with Gasteiger partial charge in [-0.05, 0) is 24.3 Å². The number of nitrogens with zero attached hydrogens (tertiary/aromatic N) is 1. The third kappa shape index (κ3) is 3.37. The van der Waals surface area contributed by atoms with Crippen LogP contribution in [0.5, 0.6) is 11.5 Å². The number of ether oxygens (including phenoxy) is 1. The van der Waals surface area contributed by atoms with Crippen LogP contribution in [-0.4, -0.2) is 15.1 Å². The summed E-state index contributed by atoms with van der Waals surface area (Å²) in [6.45, 7) is 0. The zero-order valence-electron chi connectivity index (χ0n) is 13.8. The number of benzene rings is 2. The van der Waals surface area contributed by atoms with Gasteiger partial charge in [-0.3, -0.25) is 0 Å². The standard InChI is InChI=1S/C20H13Cl2FN2O2/c21-14-6-7-24-20-17(14)13(10-25-20)19(26)18-15(22)8-12(9-16(18)23)27-11-4-2-1-3-5-11/h1-10,19,26H,(H,24,25). The van der Waals surface area contributed by atoms with Gasteiger partial charge in [0.05, 0.1) is 10.0 Å². The van der Waals surface area contributed by atoms with Crippen molar-refractivity contribution < 1.29 is 14.2 Å². The number of fused-ring (bicyclic) bond motifs is 1. The maximum atomic E-state index is 14.8.